The zero-order valence-electron chi connectivity index (χ0n) is 12.2. The lowest BCUT2D eigenvalue weighted by Gasteiger charge is -2.14. The molecule has 1 atom stereocenters. The molecular formula is C14H25N3OS. The number of nitrogens with one attached hydrogen (secondary N) is 1. The molecule has 0 aromatic carbocycles. The molecule has 0 amide bonds. The third kappa shape index (κ3) is 3.91. The van der Waals surface area contributed by atoms with Gasteiger partial charge in [0.25, 0.3) is 0 Å². The van der Waals surface area contributed by atoms with Gasteiger partial charge < -0.3 is 15.0 Å². The quantitative estimate of drug-likeness (QED) is 0.780. The second-order valence-corrected chi connectivity index (χ2v) is 6.25. The van der Waals surface area contributed by atoms with E-state index in [0.29, 0.717) is 0 Å². The Morgan fingerprint density at radius 1 is 1.53 bits per heavy atom. The van der Waals surface area contributed by atoms with Crippen molar-refractivity contribution in [3.05, 3.63) is 10.6 Å². The molecule has 1 aliphatic heterocycles. The molecule has 1 saturated heterocycles. The number of aryl methyl sites for hydroxylation is 1. The zero-order valence-corrected chi connectivity index (χ0v) is 13.1. The molecule has 0 radical (unpaired) electrons. The Bertz CT molecular complexity index is 394. The van der Waals surface area contributed by atoms with Crippen LogP contribution >= 0.6 is 11.3 Å². The first-order valence-corrected chi connectivity index (χ1v) is 7.97. The molecule has 5 heteroatoms. The minimum atomic E-state index is 0.759. The summed E-state index contributed by atoms with van der Waals surface area (Å²) in [5.41, 5.74) is 1.17. The molecular weight excluding hydrogens is 258 g/mol. The van der Waals surface area contributed by atoms with Crippen molar-refractivity contribution in [1.82, 2.24) is 10.3 Å². The Balaban J connectivity index is 1.89. The van der Waals surface area contributed by atoms with Crippen molar-refractivity contribution in [3.8, 4) is 0 Å². The van der Waals surface area contributed by atoms with Gasteiger partial charge in [0.2, 0.25) is 0 Å². The molecule has 1 N–H and O–H groups in total. The van der Waals surface area contributed by atoms with Gasteiger partial charge in [0.15, 0.2) is 5.13 Å². The van der Waals surface area contributed by atoms with Gasteiger partial charge in [0.05, 0.1) is 12.3 Å². The Kier molecular flexibility index (Phi) is 5.60. The van der Waals surface area contributed by atoms with E-state index in [9.17, 15) is 0 Å². The summed E-state index contributed by atoms with van der Waals surface area (Å²) >= 11 is 1.84. The van der Waals surface area contributed by atoms with Gasteiger partial charge in [-0.2, -0.15) is 0 Å². The Hall–Kier alpha value is -0.650. The van der Waals surface area contributed by atoms with Crippen molar-refractivity contribution < 1.29 is 4.74 Å². The van der Waals surface area contributed by atoms with Crippen molar-refractivity contribution in [2.24, 2.45) is 5.92 Å². The van der Waals surface area contributed by atoms with Crippen LogP contribution in [0.2, 0.25) is 0 Å². The van der Waals surface area contributed by atoms with Crippen LogP contribution in [0.25, 0.3) is 0 Å². The second-order valence-electron chi connectivity index (χ2n) is 5.18. The third-order valence-electron chi connectivity index (χ3n) is 3.78. The van der Waals surface area contributed by atoms with E-state index in [-0.39, 0.29) is 0 Å². The van der Waals surface area contributed by atoms with Crippen LogP contribution in [0.1, 0.15) is 30.3 Å². The highest BCUT2D eigenvalue weighted by Crippen LogP contribution is 2.31. The van der Waals surface area contributed by atoms with Crippen molar-refractivity contribution in [2.75, 3.05) is 38.3 Å². The van der Waals surface area contributed by atoms with Crippen LogP contribution in [-0.4, -0.2) is 38.3 Å². The smallest absolute Gasteiger partial charge is 0.185 e. The fourth-order valence-electron chi connectivity index (χ4n) is 2.43. The molecule has 19 heavy (non-hydrogen) atoms. The molecule has 1 unspecified atom stereocenters. The minimum absolute atomic E-state index is 0.759. The van der Waals surface area contributed by atoms with Crippen LogP contribution in [0.5, 0.6) is 0 Å². The van der Waals surface area contributed by atoms with Gasteiger partial charge in [0.1, 0.15) is 0 Å². The summed E-state index contributed by atoms with van der Waals surface area (Å²) in [5.74, 6) is 0.854. The third-order valence-corrected chi connectivity index (χ3v) is 5.00. The monoisotopic (exact) mass is 283 g/mol. The normalized spacial score (nSPS) is 19.3. The number of hydrogen-bond donors (Lipinski definition) is 1. The topological polar surface area (TPSA) is 37.4 Å². The first-order chi connectivity index (χ1) is 9.24. The summed E-state index contributed by atoms with van der Waals surface area (Å²) in [4.78, 5) is 8.54. The number of anilines is 1. The van der Waals surface area contributed by atoms with Crippen molar-refractivity contribution >= 4 is 16.5 Å². The van der Waals surface area contributed by atoms with E-state index < -0.39 is 0 Å². The summed E-state index contributed by atoms with van der Waals surface area (Å²) in [5, 5.41) is 4.60. The van der Waals surface area contributed by atoms with Gasteiger partial charge in [-0.3, -0.25) is 0 Å². The predicted octanol–water partition coefficient (Wildman–Crippen LogP) is 2.42. The van der Waals surface area contributed by atoms with Crippen LogP contribution < -0.4 is 10.2 Å². The molecule has 0 saturated carbocycles. The number of aromatic nitrogens is 1. The maximum Gasteiger partial charge on any atom is 0.185 e. The van der Waals surface area contributed by atoms with Crippen molar-refractivity contribution in [1.29, 1.82) is 0 Å². The van der Waals surface area contributed by atoms with E-state index in [0.717, 1.165) is 25.6 Å². The van der Waals surface area contributed by atoms with Crippen molar-refractivity contribution in [3.63, 3.8) is 0 Å². The molecule has 2 heterocycles. The van der Waals surface area contributed by atoms with E-state index in [1.165, 1.54) is 41.6 Å². The predicted molar refractivity (Wildman–Crippen MR) is 81.0 cm³/mol. The van der Waals surface area contributed by atoms with E-state index >= 15 is 0 Å². The maximum atomic E-state index is 5.04. The lowest BCUT2D eigenvalue weighted by Crippen LogP contribution is -2.19. The number of nitrogens with zero attached hydrogens (tertiary/aromatic N) is 2. The maximum absolute atomic E-state index is 5.04. The van der Waals surface area contributed by atoms with E-state index in [1.54, 1.807) is 7.11 Å². The van der Waals surface area contributed by atoms with Gasteiger partial charge in [0, 0.05) is 38.2 Å². The number of rotatable bonds is 7. The summed E-state index contributed by atoms with van der Waals surface area (Å²) < 4.78 is 5.04. The molecule has 1 aromatic rings. The van der Waals surface area contributed by atoms with Gasteiger partial charge in [-0.25, -0.2) is 4.98 Å². The van der Waals surface area contributed by atoms with Gasteiger partial charge >= 0.3 is 0 Å². The fraction of sp³-hybridized carbons (Fsp3) is 0.786. The molecule has 1 aromatic heterocycles. The molecule has 0 spiro atoms. The number of methoxy groups -OCH3 is 1. The Labute approximate surface area is 120 Å². The van der Waals surface area contributed by atoms with Crippen LogP contribution in [0, 0.1) is 12.8 Å². The van der Waals surface area contributed by atoms with Gasteiger partial charge in [-0.15, -0.1) is 11.3 Å². The first-order valence-electron chi connectivity index (χ1n) is 7.15. The molecule has 108 valence electrons. The largest absolute Gasteiger partial charge is 0.383 e. The van der Waals surface area contributed by atoms with E-state index in [4.69, 9.17) is 9.72 Å². The molecule has 4 nitrogen and oxygen atoms in total. The number of thiazole rings is 1. The van der Waals surface area contributed by atoms with Crippen LogP contribution in [0.4, 0.5) is 5.13 Å². The SMILES string of the molecule is CCC1CCN(c2nc(C)c(CNCCOC)s2)C1. The highest BCUT2D eigenvalue weighted by atomic mass is 32.1. The van der Waals surface area contributed by atoms with Crippen LogP contribution in [0.15, 0.2) is 0 Å². The molecule has 0 aliphatic carbocycles. The minimum Gasteiger partial charge on any atom is -0.383 e. The Morgan fingerprint density at radius 3 is 3.05 bits per heavy atom. The van der Waals surface area contributed by atoms with Crippen LogP contribution in [-0.2, 0) is 11.3 Å². The van der Waals surface area contributed by atoms with Crippen LogP contribution in [0.3, 0.4) is 0 Å². The lowest BCUT2D eigenvalue weighted by molar-refractivity contribution is 0.199. The fourth-order valence-corrected chi connectivity index (χ4v) is 3.49. The second kappa shape index (κ2) is 7.22. The van der Waals surface area contributed by atoms with E-state index in [2.05, 4.69) is 24.1 Å². The first kappa shape index (κ1) is 14.8. The Morgan fingerprint density at radius 2 is 2.37 bits per heavy atom. The standard InChI is InChI=1S/C14H25N3OS/c1-4-12-5-7-17(10-12)14-16-11(2)13(19-14)9-15-6-8-18-3/h12,15H,4-10H2,1-3H3. The summed E-state index contributed by atoms with van der Waals surface area (Å²) in [6.45, 7) is 9.30. The molecule has 1 aliphatic rings. The summed E-state index contributed by atoms with van der Waals surface area (Å²) in [6, 6.07) is 0. The molecule has 0 bridgehead atoms. The highest BCUT2D eigenvalue weighted by molar-refractivity contribution is 7.15. The average Bonchev–Trinajstić information content (AvgIpc) is 3.01. The number of ether oxygens (including phenoxy) is 1. The average molecular weight is 283 g/mol. The van der Waals surface area contributed by atoms with Gasteiger partial charge in [-0.05, 0) is 19.3 Å². The van der Waals surface area contributed by atoms with Gasteiger partial charge in [-0.1, -0.05) is 13.3 Å². The molecule has 2 rings (SSSR count). The highest BCUT2D eigenvalue weighted by Gasteiger charge is 2.23. The van der Waals surface area contributed by atoms with Crippen molar-refractivity contribution in [2.45, 2.75) is 33.2 Å². The number of hydrogen-bond acceptors (Lipinski definition) is 5. The zero-order chi connectivity index (χ0) is 13.7. The lowest BCUT2D eigenvalue weighted by atomic mass is 10.1. The summed E-state index contributed by atoms with van der Waals surface area (Å²) in [6.07, 6.45) is 2.60. The summed E-state index contributed by atoms with van der Waals surface area (Å²) in [7, 11) is 1.73. The molecule has 1 fully saturated rings. The van der Waals surface area contributed by atoms with E-state index in [1.807, 2.05) is 11.3 Å².